The summed E-state index contributed by atoms with van der Waals surface area (Å²) >= 11 is 0. The summed E-state index contributed by atoms with van der Waals surface area (Å²) in [6.07, 6.45) is 2.76. The zero-order valence-electron chi connectivity index (χ0n) is 17.3. The highest BCUT2D eigenvalue weighted by molar-refractivity contribution is 5.43. The first-order valence-corrected chi connectivity index (χ1v) is 9.91. The monoisotopic (exact) mass is 407 g/mol. The molecular weight excluding hydrogens is 382 g/mol. The molecule has 4 rings (SSSR count). The van der Waals surface area contributed by atoms with Crippen molar-refractivity contribution >= 4 is 5.69 Å². The standard InChI is InChI=1S/C22H25N5O3/c1-14-5-4-6-16(25-14)11-23-20-10-21(26-27(2)22(20)28)30-13-15-9-18(15)19-8-7-17(29-3)12-24-19/h4-8,10,12,15,18,23H,9,11,13H2,1-3H3/t15-,18+/m1/s1. The Morgan fingerprint density at radius 3 is 2.87 bits per heavy atom. The minimum atomic E-state index is -0.207. The molecule has 1 aliphatic rings. The predicted octanol–water partition coefficient (Wildman–Crippen LogP) is 2.68. The van der Waals surface area contributed by atoms with E-state index >= 15 is 0 Å². The van der Waals surface area contributed by atoms with E-state index < -0.39 is 0 Å². The number of aryl methyl sites for hydroxylation is 2. The summed E-state index contributed by atoms with van der Waals surface area (Å²) in [5, 5.41) is 7.37. The maximum Gasteiger partial charge on any atom is 0.290 e. The van der Waals surface area contributed by atoms with Gasteiger partial charge in [0.05, 0.1) is 32.2 Å². The third-order valence-electron chi connectivity index (χ3n) is 5.19. The Hall–Kier alpha value is -3.42. The summed E-state index contributed by atoms with van der Waals surface area (Å²) in [6, 6.07) is 11.4. The molecule has 0 radical (unpaired) electrons. The molecule has 0 saturated heterocycles. The second kappa shape index (κ2) is 8.52. The fourth-order valence-corrected chi connectivity index (χ4v) is 3.38. The fourth-order valence-electron chi connectivity index (χ4n) is 3.38. The van der Waals surface area contributed by atoms with Crippen LogP contribution in [-0.4, -0.2) is 33.5 Å². The molecule has 0 aromatic carbocycles. The summed E-state index contributed by atoms with van der Waals surface area (Å²) < 4.78 is 12.3. The second-order valence-electron chi connectivity index (χ2n) is 7.49. The van der Waals surface area contributed by atoms with E-state index in [4.69, 9.17) is 9.47 Å². The van der Waals surface area contributed by atoms with Crippen molar-refractivity contribution in [2.45, 2.75) is 25.8 Å². The minimum Gasteiger partial charge on any atom is -0.495 e. The van der Waals surface area contributed by atoms with Gasteiger partial charge in [-0.15, -0.1) is 5.10 Å². The Morgan fingerprint density at radius 1 is 1.27 bits per heavy atom. The summed E-state index contributed by atoms with van der Waals surface area (Å²) in [4.78, 5) is 21.3. The number of methoxy groups -OCH3 is 1. The molecule has 2 atom stereocenters. The molecule has 1 fully saturated rings. The molecule has 3 heterocycles. The lowest BCUT2D eigenvalue weighted by atomic mass is 10.2. The Kier molecular flexibility index (Phi) is 5.65. The van der Waals surface area contributed by atoms with Crippen LogP contribution in [-0.2, 0) is 13.6 Å². The Bertz CT molecular complexity index is 1080. The first-order chi connectivity index (χ1) is 14.5. The van der Waals surface area contributed by atoms with Crippen molar-refractivity contribution < 1.29 is 9.47 Å². The van der Waals surface area contributed by atoms with Crippen molar-refractivity contribution in [3.63, 3.8) is 0 Å². The SMILES string of the molecule is COc1ccc([C@H]2C[C@@H]2COc2cc(NCc3cccc(C)n3)c(=O)n(C)n2)nc1. The van der Waals surface area contributed by atoms with E-state index in [-0.39, 0.29) is 5.56 Å². The quantitative estimate of drug-likeness (QED) is 0.614. The van der Waals surface area contributed by atoms with Gasteiger partial charge in [-0.1, -0.05) is 6.07 Å². The molecule has 1 saturated carbocycles. The Morgan fingerprint density at radius 2 is 2.13 bits per heavy atom. The summed E-state index contributed by atoms with van der Waals surface area (Å²) in [7, 11) is 3.25. The molecule has 30 heavy (non-hydrogen) atoms. The van der Waals surface area contributed by atoms with Gasteiger partial charge in [0.15, 0.2) is 0 Å². The first kappa shape index (κ1) is 19.9. The molecule has 8 nitrogen and oxygen atoms in total. The van der Waals surface area contributed by atoms with Crippen LogP contribution in [0.5, 0.6) is 11.6 Å². The number of ether oxygens (including phenoxy) is 2. The number of nitrogens with zero attached hydrogens (tertiary/aromatic N) is 4. The van der Waals surface area contributed by atoms with Crippen LogP contribution in [0.2, 0.25) is 0 Å². The van der Waals surface area contributed by atoms with Gasteiger partial charge in [-0.3, -0.25) is 14.8 Å². The summed E-state index contributed by atoms with van der Waals surface area (Å²) in [5.41, 5.74) is 3.08. The van der Waals surface area contributed by atoms with Gasteiger partial charge in [0.25, 0.3) is 5.56 Å². The summed E-state index contributed by atoms with van der Waals surface area (Å²) in [6.45, 7) is 2.92. The zero-order chi connectivity index (χ0) is 21.1. The Labute approximate surface area is 174 Å². The number of hydrogen-bond donors (Lipinski definition) is 1. The number of nitrogens with one attached hydrogen (secondary N) is 1. The molecule has 0 bridgehead atoms. The van der Waals surface area contributed by atoms with Crippen LogP contribution in [0.3, 0.4) is 0 Å². The molecule has 8 heteroatoms. The van der Waals surface area contributed by atoms with Gasteiger partial charge in [0.1, 0.15) is 11.4 Å². The maximum absolute atomic E-state index is 12.4. The molecule has 0 unspecified atom stereocenters. The van der Waals surface area contributed by atoms with Crippen molar-refractivity contribution in [3.05, 3.63) is 70.0 Å². The van der Waals surface area contributed by atoms with E-state index in [1.807, 2.05) is 37.3 Å². The van der Waals surface area contributed by atoms with E-state index in [1.54, 1.807) is 26.4 Å². The van der Waals surface area contributed by atoms with Crippen molar-refractivity contribution in [2.24, 2.45) is 13.0 Å². The number of pyridine rings is 2. The van der Waals surface area contributed by atoms with Crippen molar-refractivity contribution in [1.82, 2.24) is 19.7 Å². The Balaban J connectivity index is 1.37. The highest BCUT2D eigenvalue weighted by Crippen LogP contribution is 2.46. The lowest BCUT2D eigenvalue weighted by molar-refractivity contribution is 0.278. The van der Waals surface area contributed by atoms with Gasteiger partial charge in [-0.2, -0.15) is 0 Å². The van der Waals surface area contributed by atoms with Crippen molar-refractivity contribution in [1.29, 1.82) is 0 Å². The van der Waals surface area contributed by atoms with Gasteiger partial charge in [0.2, 0.25) is 5.88 Å². The predicted molar refractivity (Wildman–Crippen MR) is 113 cm³/mol. The highest BCUT2D eigenvalue weighted by Gasteiger charge is 2.40. The van der Waals surface area contributed by atoms with Gasteiger partial charge in [-0.05, 0) is 37.6 Å². The maximum atomic E-state index is 12.4. The first-order valence-electron chi connectivity index (χ1n) is 9.91. The third-order valence-corrected chi connectivity index (χ3v) is 5.19. The van der Waals surface area contributed by atoms with Crippen molar-refractivity contribution in [2.75, 3.05) is 19.0 Å². The van der Waals surface area contributed by atoms with Crippen LogP contribution >= 0.6 is 0 Å². The van der Waals surface area contributed by atoms with E-state index in [0.29, 0.717) is 36.6 Å². The number of rotatable bonds is 8. The molecular formula is C22H25N5O3. The smallest absolute Gasteiger partial charge is 0.290 e. The van der Waals surface area contributed by atoms with Crippen LogP contribution in [0.4, 0.5) is 5.69 Å². The third kappa shape index (κ3) is 4.59. The molecule has 0 aliphatic heterocycles. The van der Waals surface area contributed by atoms with Crippen molar-refractivity contribution in [3.8, 4) is 11.6 Å². The van der Waals surface area contributed by atoms with Gasteiger partial charge in [-0.25, -0.2) is 4.68 Å². The van der Waals surface area contributed by atoms with Crippen LogP contribution in [0, 0.1) is 12.8 Å². The van der Waals surface area contributed by atoms with Crippen LogP contribution in [0.1, 0.15) is 29.4 Å². The normalized spacial score (nSPS) is 17.4. The van der Waals surface area contributed by atoms with Gasteiger partial charge < -0.3 is 14.8 Å². The van der Waals surface area contributed by atoms with E-state index in [9.17, 15) is 4.79 Å². The van der Waals surface area contributed by atoms with Crippen LogP contribution < -0.4 is 20.3 Å². The van der Waals surface area contributed by atoms with E-state index in [0.717, 1.165) is 29.3 Å². The lowest BCUT2D eigenvalue weighted by Gasteiger charge is -2.11. The molecule has 156 valence electrons. The minimum absolute atomic E-state index is 0.207. The van der Waals surface area contributed by atoms with E-state index in [1.165, 1.54) is 4.68 Å². The number of aromatic nitrogens is 4. The van der Waals surface area contributed by atoms with Crippen LogP contribution in [0.25, 0.3) is 0 Å². The average Bonchev–Trinajstić information content (AvgIpc) is 3.53. The number of hydrogen-bond acceptors (Lipinski definition) is 7. The highest BCUT2D eigenvalue weighted by atomic mass is 16.5. The average molecular weight is 407 g/mol. The molecule has 0 spiro atoms. The van der Waals surface area contributed by atoms with Crippen LogP contribution in [0.15, 0.2) is 47.4 Å². The largest absolute Gasteiger partial charge is 0.495 e. The lowest BCUT2D eigenvalue weighted by Crippen LogP contribution is -2.24. The molecule has 3 aromatic rings. The zero-order valence-corrected chi connectivity index (χ0v) is 17.3. The van der Waals surface area contributed by atoms with E-state index in [2.05, 4.69) is 20.4 Å². The molecule has 0 amide bonds. The molecule has 1 N–H and O–H groups in total. The topological polar surface area (TPSA) is 91.2 Å². The molecule has 3 aromatic heterocycles. The fraction of sp³-hybridized carbons (Fsp3) is 0.364. The van der Waals surface area contributed by atoms with Gasteiger partial charge in [0, 0.05) is 36.3 Å². The summed E-state index contributed by atoms with van der Waals surface area (Å²) in [5.74, 6) is 1.94. The van der Waals surface area contributed by atoms with Gasteiger partial charge >= 0.3 is 0 Å². The second-order valence-corrected chi connectivity index (χ2v) is 7.49. The number of anilines is 1. The molecule has 1 aliphatic carbocycles.